The Hall–Kier alpha value is -2.06. The fourth-order valence-electron chi connectivity index (χ4n) is 1.52. The summed E-state index contributed by atoms with van der Waals surface area (Å²) in [6.45, 7) is 0. The monoisotopic (exact) mass is 250 g/mol. The van der Waals surface area contributed by atoms with Crippen molar-refractivity contribution in [3.05, 3.63) is 45.9 Å². The number of H-pyrrole nitrogens is 1. The highest BCUT2D eigenvalue weighted by molar-refractivity contribution is 6.30. The molecule has 3 N–H and O–H groups in total. The van der Waals surface area contributed by atoms with Gasteiger partial charge in [-0.05, 0) is 11.6 Å². The second-order valence-electron chi connectivity index (χ2n) is 3.46. The summed E-state index contributed by atoms with van der Waals surface area (Å²) in [6.07, 6.45) is 0.194. The molecule has 6 heteroatoms. The molecule has 0 saturated heterocycles. The maximum absolute atomic E-state index is 13.6. The topological polar surface area (TPSA) is 78.5 Å². The van der Waals surface area contributed by atoms with Crippen LogP contribution in [0, 0.1) is 17.1 Å². The van der Waals surface area contributed by atoms with E-state index in [1.54, 1.807) is 12.1 Å². The number of aromatic nitrogens is 2. The molecule has 0 spiro atoms. The number of hydrogen-bond acceptors (Lipinski definition) is 3. The quantitative estimate of drug-likeness (QED) is 0.858. The second-order valence-corrected chi connectivity index (χ2v) is 3.87. The van der Waals surface area contributed by atoms with Crippen LogP contribution in [0.2, 0.25) is 5.02 Å². The van der Waals surface area contributed by atoms with Crippen molar-refractivity contribution in [1.82, 2.24) is 10.2 Å². The molecule has 2 aromatic rings. The molecular formula is C11H8ClFN4. The smallest absolute Gasteiger partial charge is 0.163 e. The Balaban J connectivity index is 2.39. The minimum Gasteiger partial charge on any atom is -0.381 e. The molecule has 0 atom stereocenters. The molecule has 0 amide bonds. The summed E-state index contributed by atoms with van der Waals surface area (Å²) < 4.78 is 13.6. The number of hydrogen-bond donors (Lipinski definition) is 2. The molecule has 0 aliphatic carbocycles. The summed E-state index contributed by atoms with van der Waals surface area (Å²) in [7, 11) is 0. The number of rotatable bonds is 2. The van der Waals surface area contributed by atoms with Crippen LogP contribution in [0.4, 0.5) is 10.2 Å². The standard InChI is InChI=1S/C11H8ClFN4/c12-8-3-1-2-6(10(8)13)4-9-7(5-14)11(15)17-16-9/h1-3H,4H2,(H3,15,16,17). The first-order chi connectivity index (χ1) is 8.13. The van der Waals surface area contributed by atoms with Gasteiger partial charge in [0.15, 0.2) is 5.82 Å². The molecule has 0 aliphatic rings. The molecule has 0 saturated carbocycles. The van der Waals surface area contributed by atoms with E-state index in [0.29, 0.717) is 11.3 Å². The van der Waals surface area contributed by atoms with Crippen LogP contribution in [0.5, 0.6) is 0 Å². The van der Waals surface area contributed by atoms with E-state index in [-0.39, 0.29) is 22.8 Å². The predicted octanol–water partition coefficient (Wildman–Crippen LogP) is 2.25. The number of anilines is 1. The number of halogens is 2. The van der Waals surface area contributed by atoms with Crippen LogP contribution in [0.25, 0.3) is 0 Å². The molecule has 1 aromatic carbocycles. The average molecular weight is 251 g/mol. The normalized spacial score (nSPS) is 10.2. The average Bonchev–Trinajstić information content (AvgIpc) is 2.66. The Morgan fingerprint density at radius 3 is 3.00 bits per heavy atom. The molecule has 86 valence electrons. The fourth-order valence-corrected chi connectivity index (χ4v) is 1.72. The van der Waals surface area contributed by atoms with Crippen LogP contribution in [-0.4, -0.2) is 10.2 Å². The van der Waals surface area contributed by atoms with Crippen molar-refractivity contribution in [2.75, 3.05) is 5.73 Å². The molecule has 4 nitrogen and oxygen atoms in total. The molecule has 0 bridgehead atoms. The number of nitrogens with zero attached hydrogens (tertiary/aromatic N) is 2. The number of nitrogen functional groups attached to an aromatic ring is 1. The highest BCUT2D eigenvalue weighted by atomic mass is 35.5. The van der Waals surface area contributed by atoms with Gasteiger partial charge in [-0.25, -0.2) is 4.39 Å². The molecule has 2 rings (SSSR count). The highest BCUT2D eigenvalue weighted by Crippen LogP contribution is 2.22. The number of nitriles is 1. The first-order valence-electron chi connectivity index (χ1n) is 4.79. The zero-order chi connectivity index (χ0) is 12.4. The zero-order valence-electron chi connectivity index (χ0n) is 8.67. The Bertz CT molecular complexity index is 600. The molecule has 0 fully saturated rings. The minimum absolute atomic E-state index is 0.0495. The van der Waals surface area contributed by atoms with Gasteiger partial charge in [0.05, 0.1) is 10.7 Å². The molecule has 1 heterocycles. The lowest BCUT2D eigenvalue weighted by molar-refractivity contribution is 0.613. The fraction of sp³-hybridized carbons (Fsp3) is 0.0909. The summed E-state index contributed by atoms with van der Waals surface area (Å²) in [5.74, 6) is -0.379. The summed E-state index contributed by atoms with van der Waals surface area (Å²) in [5.41, 5.74) is 6.59. The largest absolute Gasteiger partial charge is 0.381 e. The molecule has 1 aromatic heterocycles. The molecule has 0 unspecified atom stereocenters. The van der Waals surface area contributed by atoms with Gasteiger partial charge < -0.3 is 5.73 Å². The number of aromatic amines is 1. The van der Waals surface area contributed by atoms with Crippen LogP contribution >= 0.6 is 11.6 Å². The third-order valence-electron chi connectivity index (χ3n) is 2.38. The van der Waals surface area contributed by atoms with Gasteiger partial charge in [-0.15, -0.1) is 0 Å². The van der Waals surface area contributed by atoms with Crippen molar-refractivity contribution in [3.8, 4) is 6.07 Å². The lowest BCUT2D eigenvalue weighted by atomic mass is 10.1. The van der Waals surface area contributed by atoms with Gasteiger partial charge in [-0.2, -0.15) is 10.4 Å². The summed E-state index contributed by atoms with van der Waals surface area (Å²) in [6, 6.07) is 6.63. The SMILES string of the molecule is N#Cc1c(N)n[nH]c1Cc1cccc(Cl)c1F. The molecule has 17 heavy (non-hydrogen) atoms. The van der Waals surface area contributed by atoms with E-state index in [1.165, 1.54) is 6.07 Å². The van der Waals surface area contributed by atoms with Crippen molar-refractivity contribution in [1.29, 1.82) is 5.26 Å². The Kier molecular flexibility index (Phi) is 2.98. The molecule has 0 aliphatic heterocycles. The lowest BCUT2D eigenvalue weighted by Crippen LogP contribution is -1.96. The van der Waals surface area contributed by atoms with Crippen LogP contribution in [-0.2, 0) is 6.42 Å². The van der Waals surface area contributed by atoms with Gasteiger partial charge in [-0.3, -0.25) is 5.10 Å². The zero-order valence-corrected chi connectivity index (χ0v) is 9.42. The van der Waals surface area contributed by atoms with E-state index >= 15 is 0 Å². The van der Waals surface area contributed by atoms with Crippen LogP contribution in [0.15, 0.2) is 18.2 Å². The van der Waals surface area contributed by atoms with Crippen LogP contribution < -0.4 is 5.73 Å². The van der Waals surface area contributed by atoms with Crippen molar-refractivity contribution >= 4 is 17.4 Å². The van der Waals surface area contributed by atoms with E-state index < -0.39 is 5.82 Å². The molecule has 0 radical (unpaired) electrons. The van der Waals surface area contributed by atoms with E-state index in [2.05, 4.69) is 10.2 Å². The van der Waals surface area contributed by atoms with E-state index in [0.717, 1.165) is 0 Å². The number of benzene rings is 1. The van der Waals surface area contributed by atoms with Crippen LogP contribution in [0.3, 0.4) is 0 Å². The van der Waals surface area contributed by atoms with E-state index in [4.69, 9.17) is 22.6 Å². The first kappa shape index (κ1) is 11.4. The van der Waals surface area contributed by atoms with Gasteiger partial charge in [0.2, 0.25) is 0 Å². The Labute approximate surface area is 102 Å². The third kappa shape index (κ3) is 2.08. The number of nitrogens with one attached hydrogen (secondary N) is 1. The van der Waals surface area contributed by atoms with Gasteiger partial charge in [0.25, 0.3) is 0 Å². The Morgan fingerprint density at radius 2 is 2.29 bits per heavy atom. The predicted molar refractivity (Wildman–Crippen MR) is 61.9 cm³/mol. The first-order valence-corrected chi connectivity index (χ1v) is 5.17. The lowest BCUT2D eigenvalue weighted by Gasteiger charge is -2.03. The third-order valence-corrected chi connectivity index (χ3v) is 2.67. The molecular weight excluding hydrogens is 243 g/mol. The van der Waals surface area contributed by atoms with E-state index in [1.807, 2.05) is 6.07 Å². The van der Waals surface area contributed by atoms with Crippen molar-refractivity contribution < 1.29 is 4.39 Å². The Morgan fingerprint density at radius 1 is 1.53 bits per heavy atom. The summed E-state index contributed by atoms with van der Waals surface area (Å²) in [4.78, 5) is 0. The maximum atomic E-state index is 13.6. The number of nitrogens with two attached hydrogens (primary N) is 1. The second kappa shape index (κ2) is 4.44. The van der Waals surface area contributed by atoms with Crippen molar-refractivity contribution in [2.24, 2.45) is 0 Å². The highest BCUT2D eigenvalue weighted by Gasteiger charge is 2.13. The van der Waals surface area contributed by atoms with Crippen molar-refractivity contribution in [2.45, 2.75) is 6.42 Å². The van der Waals surface area contributed by atoms with Crippen molar-refractivity contribution in [3.63, 3.8) is 0 Å². The summed E-state index contributed by atoms with van der Waals surface area (Å²) in [5, 5.41) is 15.3. The minimum atomic E-state index is -0.494. The van der Waals surface area contributed by atoms with Gasteiger partial charge in [0.1, 0.15) is 17.4 Å². The van der Waals surface area contributed by atoms with Gasteiger partial charge in [-0.1, -0.05) is 23.7 Å². The summed E-state index contributed by atoms with van der Waals surface area (Å²) >= 11 is 5.67. The maximum Gasteiger partial charge on any atom is 0.163 e. The van der Waals surface area contributed by atoms with Gasteiger partial charge in [0, 0.05) is 6.42 Å². The van der Waals surface area contributed by atoms with Gasteiger partial charge >= 0.3 is 0 Å². The van der Waals surface area contributed by atoms with Crippen LogP contribution in [0.1, 0.15) is 16.8 Å². The van der Waals surface area contributed by atoms with E-state index in [9.17, 15) is 4.39 Å².